The molecule has 128 valence electrons. The quantitative estimate of drug-likeness (QED) is 0.381. The minimum absolute atomic E-state index is 0.159. The number of hydrogen-bond donors (Lipinski definition) is 0. The van der Waals surface area contributed by atoms with Crippen molar-refractivity contribution >= 4 is 5.71 Å². The Morgan fingerprint density at radius 1 is 1.17 bits per heavy atom. The predicted molar refractivity (Wildman–Crippen MR) is 86.6 cm³/mol. The fraction of sp³-hybridized carbons (Fsp3) is 0.471. The van der Waals surface area contributed by atoms with Crippen molar-refractivity contribution in [3.8, 4) is 11.5 Å². The van der Waals surface area contributed by atoms with Gasteiger partial charge in [0.15, 0.2) is 6.61 Å². The van der Waals surface area contributed by atoms with Gasteiger partial charge >= 0.3 is 0 Å². The summed E-state index contributed by atoms with van der Waals surface area (Å²) in [5.41, 5.74) is 2.69. The fourth-order valence-electron chi connectivity index (χ4n) is 1.92. The molecule has 1 rings (SSSR count). The van der Waals surface area contributed by atoms with Crippen LogP contribution in [0.15, 0.2) is 29.4 Å². The highest BCUT2D eigenvalue weighted by molar-refractivity contribution is 5.78. The van der Waals surface area contributed by atoms with E-state index in [1.54, 1.807) is 6.07 Å². The van der Waals surface area contributed by atoms with Crippen molar-refractivity contribution in [2.24, 2.45) is 5.16 Å². The zero-order chi connectivity index (χ0) is 17.2. The molecule has 0 fully saturated rings. The van der Waals surface area contributed by atoms with Gasteiger partial charge in [-0.25, -0.2) is 0 Å². The first-order chi connectivity index (χ1) is 10.9. The van der Waals surface area contributed by atoms with E-state index in [9.17, 15) is 8.78 Å². The van der Waals surface area contributed by atoms with Gasteiger partial charge in [0.2, 0.25) is 0 Å². The summed E-state index contributed by atoms with van der Waals surface area (Å²) >= 11 is 0. The summed E-state index contributed by atoms with van der Waals surface area (Å²) in [6.07, 6.45) is -0.269. The van der Waals surface area contributed by atoms with Gasteiger partial charge in [-0.15, -0.1) is 0 Å². The van der Waals surface area contributed by atoms with Crippen molar-refractivity contribution in [1.29, 1.82) is 0 Å². The van der Waals surface area contributed by atoms with Crippen LogP contribution in [0.1, 0.15) is 31.9 Å². The third kappa shape index (κ3) is 7.13. The van der Waals surface area contributed by atoms with Gasteiger partial charge in [-0.1, -0.05) is 12.1 Å². The molecule has 0 saturated carbocycles. The van der Waals surface area contributed by atoms with Crippen molar-refractivity contribution in [2.75, 3.05) is 19.8 Å². The minimum Gasteiger partial charge on any atom is -0.489 e. The first-order valence-corrected chi connectivity index (χ1v) is 7.47. The number of benzene rings is 1. The van der Waals surface area contributed by atoms with E-state index in [0.29, 0.717) is 19.0 Å². The molecule has 0 N–H and O–H groups in total. The normalized spacial score (nSPS) is 10.0. The molecule has 1 aromatic rings. The Morgan fingerprint density at radius 3 is 2.52 bits per heavy atom. The molecule has 0 aliphatic carbocycles. The molecular formula is C17H23F2NO3. The molecule has 1 aromatic carbocycles. The zero-order valence-electron chi connectivity index (χ0n) is 14.0. The minimum atomic E-state index is -1.75. The van der Waals surface area contributed by atoms with Crippen LogP contribution in [0, 0.1) is 6.92 Å². The summed E-state index contributed by atoms with van der Waals surface area (Å²) < 4.78 is 35.1. The number of halogens is 2. The lowest BCUT2D eigenvalue weighted by Gasteiger charge is -2.15. The van der Waals surface area contributed by atoms with Crippen LogP contribution in [-0.4, -0.2) is 25.5 Å². The van der Waals surface area contributed by atoms with Crippen LogP contribution >= 0.6 is 0 Å². The van der Waals surface area contributed by atoms with Gasteiger partial charge in [-0.2, -0.15) is 8.78 Å². The molecule has 0 saturated heterocycles. The SMILES string of the molecule is CCc1cc(OCC=C(F)F)cc(C)c1OCCON=C(C)C. The first-order valence-electron chi connectivity index (χ1n) is 7.47. The van der Waals surface area contributed by atoms with Gasteiger partial charge in [-0.3, -0.25) is 0 Å². The molecule has 4 nitrogen and oxygen atoms in total. The van der Waals surface area contributed by atoms with E-state index in [1.807, 2.05) is 33.8 Å². The number of oxime groups is 1. The average Bonchev–Trinajstić information content (AvgIpc) is 2.47. The molecule has 0 unspecified atom stereocenters. The van der Waals surface area contributed by atoms with Crippen molar-refractivity contribution < 1.29 is 23.1 Å². The lowest BCUT2D eigenvalue weighted by atomic mass is 10.1. The topological polar surface area (TPSA) is 40.0 Å². The largest absolute Gasteiger partial charge is 0.489 e. The average molecular weight is 327 g/mol. The van der Waals surface area contributed by atoms with Gasteiger partial charge in [0.05, 0.1) is 5.71 Å². The smallest absolute Gasteiger partial charge is 0.269 e. The maximum absolute atomic E-state index is 12.0. The lowest BCUT2D eigenvalue weighted by molar-refractivity contribution is 0.106. The van der Waals surface area contributed by atoms with Crippen LogP contribution in [0.4, 0.5) is 8.78 Å². The molecule has 6 heteroatoms. The second-order valence-corrected chi connectivity index (χ2v) is 5.11. The Kier molecular flexibility index (Phi) is 8.08. The van der Waals surface area contributed by atoms with Crippen LogP contribution in [0.2, 0.25) is 0 Å². The monoisotopic (exact) mass is 327 g/mol. The van der Waals surface area contributed by atoms with Crippen LogP contribution < -0.4 is 9.47 Å². The number of hydrogen-bond acceptors (Lipinski definition) is 4. The first kappa shape index (κ1) is 18.9. The van der Waals surface area contributed by atoms with E-state index in [1.165, 1.54) is 0 Å². The van der Waals surface area contributed by atoms with E-state index >= 15 is 0 Å². The molecule has 0 aromatic heterocycles. The second kappa shape index (κ2) is 9.82. The summed E-state index contributed by atoms with van der Waals surface area (Å²) in [6, 6.07) is 3.58. The van der Waals surface area contributed by atoms with Crippen LogP contribution in [0.3, 0.4) is 0 Å². The Bertz CT molecular complexity index is 563. The summed E-state index contributed by atoms with van der Waals surface area (Å²) in [6.45, 7) is 8.16. The lowest BCUT2D eigenvalue weighted by Crippen LogP contribution is -2.08. The van der Waals surface area contributed by atoms with E-state index in [0.717, 1.165) is 35.1 Å². The van der Waals surface area contributed by atoms with Crippen LogP contribution in [0.25, 0.3) is 0 Å². The molecule has 23 heavy (non-hydrogen) atoms. The number of rotatable bonds is 9. The maximum Gasteiger partial charge on any atom is 0.269 e. The molecule has 0 spiro atoms. The zero-order valence-corrected chi connectivity index (χ0v) is 14.0. The van der Waals surface area contributed by atoms with Gasteiger partial charge in [0.25, 0.3) is 6.08 Å². The summed E-state index contributed by atoms with van der Waals surface area (Å²) in [5, 5.41) is 3.83. The fourth-order valence-corrected chi connectivity index (χ4v) is 1.92. The summed E-state index contributed by atoms with van der Waals surface area (Å²) in [7, 11) is 0. The molecular weight excluding hydrogens is 304 g/mol. The van der Waals surface area contributed by atoms with E-state index in [4.69, 9.17) is 14.3 Å². The highest BCUT2D eigenvalue weighted by Gasteiger charge is 2.09. The van der Waals surface area contributed by atoms with Crippen LogP contribution in [0.5, 0.6) is 11.5 Å². The standard InChI is InChI=1S/C17H23F2NO3/c1-5-14-11-15(21-7-6-16(18)19)10-13(4)17(14)22-8-9-23-20-12(2)3/h6,10-11H,5,7-9H2,1-4H3. The summed E-state index contributed by atoms with van der Waals surface area (Å²) in [4.78, 5) is 5.09. The highest BCUT2D eigenvalue weighted by atomic mass is 19.3. The molecule has 0 heterocycles. The van der Waals surface area contributed by atoms with Crippen molar-refractivity contribution in [1.82, 2.24) is 0 Å². The molecule has 0 amide bonds. The molecule has 0 aliphatic rings. The summed E-state index contributed by atoms with van der Waals surface area (Å²) in [5.74, 6) is 1.32. The Labute approximate surface area is 135 Å². The Morgan fingerprint density at radius 2 is 1.91 bits per heavy atom. The number of nitrogens with zero attached hydrogens (tertiary/aromatic N) is 1. The predicted octanol–water partition coefficient (Wildman–Crippen LogP) is 4.51. The van der Waals surface area contributed by atoms with Gasteiger partial charge in [0, 0.05) is 6.08 Å². The van der Waals surface area contributed by atoms with Crippen molar-refractivity contribution in [3.05, 3.63) is 35.4 Å². The van der Waals surface area contributed by atoms with E-state index in [2.05, 4.69) is 5.16 Å². The second-order valence-electron chi connectivity index (χ2n) is 5.11. The third-order valence-electron chi connectivity index (χ3n) is 2.86. The van der Waals surface area contributed by atoms with Gasteiger partial charge in [0.1, 0.15) is 24.7 Å². The Hall–Kier alpha value is -2.11. The Balaban J connectivity index is 2.69. The molecule has 0 bridgehead atoms. The van der Waals surface area contributed by atoms with Crippen LogP contribution in [-0.2, 0) is 11.3 Å². The molecule has 0 aliphatic heterocycles. The number of ether oxygens (including phenoxy) is 2. The van der Waals surface area contributed by atoms with Gasteiger partial charge in [-0.05, 0) is 50.5 Å². The third-order valence-corrected chi connectivity index (χ3v) is 2.86. The highest BCUT2D eigenvalue weighted by Crippen LogP contribution is 2.29. The van der Waals surface area contributed by atoms with Crippen molar-refractivity contribution in [3.63, 3.8) is 0 Å². The maximum atomic E-state index is 12.0. The molecule has 0 atom stereocenters. The van der Waals surface area contributed by atoms with E-state index in [-0.39, 0.29) is 6.61 Å². The van der Waals surface area contributed by atoms with Gasteiger partial charge < -0.3 is 14.3 Å². The molecule has 0 radical (unpaired) electrons. The number of aryl methyl sites for hydroxylation is 2. The van der Waals surface area contributed by atoms with E-state index < -0.39 is 6.08 Å². The van der Waals surface area contributed by atoms with Crippen molar-refractivity contribution in [2.45, 2.75) is 34.1 Å².